The van der Waals surface area contributed by atoms with E-state index < -0.39 is 0 Å². The molecule has 0 spiro atoms. The smallest absolute Gasteiger partial charge is 0.0319 e. The van der Waals surface area contributed by atoms with Gasteiger partial charge in [-0.2, -0.15) is 0 Å². The van der Waals surface area contributed by atoms with Gasteiger partial charge in [0.05, 0.1) is 0 Å². The summed E-state index contributed by atoms with van der Waals surface area (Å²) in [5.74, 6) is 2.09. The normalized spacial score (nSPS) is 36.2. The molecule has 1 fully saturated rings. The molecule has 0 unspecified atom stereocenters. The quantitative estimate of drug-likeness (QED) is 0.488. The molecule has 0 aromatic heterocycles. The van der Waals surface area contributed by atoms with Gasteiger partial charge in [0.25, 0.3) is 0 Å². The van der Waals surface area contributed by atoms with Crippen LogP contribution in [0.15, 0.2) is 12.2 Å². The monoisotopic (exact) mass is 126 g/mol. The first-order valence-corrected chi connectivity index (χ1v) is 3.56. The van der Waals surface area contributed by atoms with E-state index in [0.29, 0.717) is 0 Å². The molecule has 0 aromatic rings. The van der Waals surface area contributed by atoms with Gasteiger partial charge in [-0.1, -0.05) is 12.2 Å². The van der Waals surface area contributed by atoms with Crippen LogP contribution >= 0.6 is 0 Å². The van der Waals surface area contributed by atoms with Crippen LogP contribution in [0.1, 0.15) is 19.3 Å². The molecule has 1 saturated carbocycles. The number of allylic oxidation sites excluding steroid dienone is 2. The molecule has 1 nitrogen and oxygen atoms in total. The van der Waals surface area contributed by atoms with Gasteiger partial charge < -0.3 is 5.11 Å². The lowest BCUT2D eigenvalue weighted by molar-refractivity contribution is 0.225. The second kappa shape index (κ2) is 3.02. The fraction of sp³-hybridized carbons (Fsp3) is 0.750. The third-order valence-electron chi connectivity index (χ3n) is 2.15. The zero-order valence-corrected chi connectivity index (χ0v) is 5.88. The number of aliphatic hydroxyl groups excluding tert-OH is 1. The van der Waals surface area contributed by atoms with Crippen molar-refractivity contribution in [2.75, 3.05) is 7.11 Å². The molecule has 1 N–H and O–H groups in total. The van der Waals surface area contributed by atoms with Gasteiger partial charge in [0.2, 0.25) is 0 Å². The first-order valence-electron chi connectivity index (χ1n) is 3.56. The molecule has 3 aliphatic carbocycles. The van der Waals surface area contributed by atoms with Crippen molar-refractivity contribution in [2.45, 2.75) is 19.3 Å². The topological polar surface area (TPSA) is 20.2 Å². The minimum atomic E-state index is 0.999. The Morgan fingerprint density at radius 2 is 2.00 bits per heavy atom. The maximum Gasteiger partial charge on any atom is 0.0319 e. The molecular formula is C8H14O. The lowest BCUT2D eigenvalue weighted by Gasteiger charge is -2.36. The largest absolute Gasteiger partial charge is 0.400 e. The van der Waals surface area contributed by atoms with Gasteiger partial charge in [-0.25, -0.2) is 0 Å². The molecule has 3 rings (SSSR count). The Balaban J connectivity index is 0.000000186. The summed E-state index contributed by atoms with van der Waals surface area (Å²) in [6, 6.07) is 0. The molecule has 0 aliphatic heterocycles. The number of rotatable bonds is 0. The van der Waals surface area contributed by atoms with Gasteiger partial charge >= 0.3 is 0 Å². The van der Waals surface area contributed by atoms with E-state index in [0.717, 1.165) is 18.9 Å². The number of aliphatic hydroxyl groups is 1. The maximum absolute atomic E-state index is 7.00. The van der Waals surface area contributed by atoms with E-state index in [4.69, 9.17) is 5.11 Å². The molecule has 2 bridgehead atoms. The van der Waals surface area contributed by atoms with Crippen LogP contribution in [0, 0.1) is 11.8 Å². The van der Waals surface area contributed by atoms with E-state index in [9.17, 15) is 0 Å². The predicted molar refractivity (Wildman–Crippen MR) is 38.1 cm³/mol. The average Bonchev–Trinajstić information content (AvgIpc) is 1.93. The Hall–Kier alpha value is -0.300. The van der Waals surface area contributed by atoms with Crippen LogP contribution in [0.2, 0.25) is 0 Å². The molecule has 3 aliphatic rings. The summed E-state index contributed by atoms with van der Waals surface area (Å²) in [6.07, 6.45) is 9.08. The van der Waals surface area contributed by atoms with Gasteiger partial charge in [0.15, 0.2) is 0 Å². The highest BCUT2D eigenvalue weighted by Crippen LogP contribution is 2.40. The summed E-state index contributed by atoms with van der Waals surface area (Å²) in [4.78, 5) is 0. The molecule has 0 heterocycles. The zero-order chi connectivity index (χ0) is 6.69. The van der Waals surface area contributed by atoms with Crippen LogP contribution in [0.5, 0.6) is 0 Å². The van der Waals surface area contributed by atoms with E-state index in [1.165, 1.54) is 19.3 Å². The molecule has 0 aromatic carbocycles. The summed E-state index contributed by atoms with van der Waals surface area (Å²) in [5.41, 5.74) is 0. The van der Waals surface area contributed by atoms with E-state index in [1.807, 2.05) is 0 Å². The Kier molecular flexibility index (Phi) is 2.29. The Bertz CT molecular complexity index is 101. The fourth-order valence-corrected chi connectivity index (χ4v) is 1.60. The van der Waals surface area contributed by atoms with Crippen LogP contribution in [0.4, 0.5) is 0 Å². The van der Waals surface area contributed by atoms with Crippen molar-refractivity contribution >= 4 is 0 Å². The number of hydrogen-bond acceptors (Lipinski definition) is 1. The van der Waals surface area contributed by atoms with Crippen molar-refractivity contribution in [1.82, 2.24) is 0 Å². The Morgan fingerprint density at radius 3 is 2.11 bits per heavy atom. The predicted octanol–water partition coefficient (Wildman–Crippen LogP) is 1.58. The second-order valence-electron chi connectivity index (χ2n) is 2.76. The van der Waals surface area contributed by atoms with Gasteiger partial charge in [0, 0.05) is 7.11 Å². The molecule has 0 radical (unpaired) electrons. The molecule has 1 heteroatoms. The van der Waals surface area contributed by atoms with Gasteiger partial charge in [-0.3, -0.25) is 0 Å². The van der Waals surface area contributed by atoms with Crippen molar-refractivity contribution in [3.63, 3.8) is 0 Å². The van der Waals surface area contributed by atoms with Crippen LogP contribution in [0.3, 0.4) is 0 Å². The highest BCUT2D eigenvalue weighted by Gasteiger charge is 2.28. The number of hydrogen-bond donors (Lipinski definition) is 1. The van der Waals surface area contributed by atoms with E-state index in [2.05, 4.69) is 12.2 Å². The third-order valence-corrected chi connectivity index (χ3v) is 2.15. The van der Waals surface area contributed by atoms with Crippen LogP contribution in [-0.2, 0) is 0 Å². The van der Waals surface area contributed by atoms with Crippen LogP contribution in [0.25, 0.3) is 0 Å². The van der Waals surface area contributed by atoms with Gasteiger partial charge in [0.1, 0.15) is 0 Å². The lowest BCUT2D eigenvalue weighted by atomic mass is 9.69. The Labute approximate surface area is 56.4 Å². The number of fused-ring (bicyclic) bond motifs is 1. The van der Waals surface area contributed by atoms with E-state index in [-0.39, 0.29) is 0 Å². The van der Waals surface area contributed by atoms with Crippen LogP contribution in [-0.4, -0.2) is 12.2 Å². The molecule has 0 saturated heterocycles. The third kappa shape index (κ3) is 1.33. The standard InChI is InChI=1S/C7H10.CH4O/c1-2-6-4-7(3-1)5-6;1-2/h1-2,6-7H,3-5H2;2H,1H3. The highest BCUT2D eigenvalue weighted by molar-refractivity contribution is 5.03. The van der Waals surface area contributed by atoms with Gasteiger partial charge in [-0.05, 0) is 31.1 Å². The van der Waals surface area contributed by atoms with Crippen molar-refractivity contribution in [1.29, 1.82) is 0 Å². The zero-order valence-electron chi connectivity index (χ0n) is 5.88. The average molecular weight is 126 g/mol. The highest BCUT2D eigenvalue weighted by atomic mass is 16.2. The first-order chi connectivity index (χ1) is 4.45. The van der Waals surface area contributed by atoms with E-state index >= 15 is 0 Å². The molecule has 0 atom stereocenters. The molecule has 52 valence electrons. The van der Waals surface area contributed by atoms with Crippen molar-refractivity contribution in [3.05, 3.63) is 12.2 Å². The molecule has 0 amide bonds. The summed E-state index contributed by atoms with van der Waals surface area (Å²) in [5, 5.41) is 7.00. The summed E-state index contributed by atoms with van der Waals surface area (Å²) < 4.78 is 0. The Morgan fingerprint density at radius 1 is 1.33 bits per heavy atom. The maximum atomic E-state index is 7.00. The lowest BCUT2D eigenvalue weighted by Crippen LogP contribution is -2.24. The minimum absolute atomic E-state index is 0.999. The molecular weight excluding hydrogens is 112 g/mol. The van der Waals surface area contributed by atoms with Crippen molar-refractivity contribution in [2.24, 2.45) is 11.8 Å². The SMILES string of the molecule is C1=CC2CC(C1)C2.CO. The summed E-state index contributed by atoms with van der Waals surface area (Å²) in [6.45, 7) is 0. The molecule has 9 heavy (non-hydrogen) atoms. The van der Waals surface area contributed by atoms with Crippen molar-refractivity contribution in [3.8, 4) is 0 Å². The fourth-order valence-electron chi connectivity index (χ4n) is 1.60. The second-order valence-corrected chi connectivity index (χ2v) is 2.76. The summed E-state index contributed by atoms with van der Waals surface area (Å²) in [7, 11) is 1.00. The summed E-state index contributed by atoms with van der Waals surface area (Å²) >= 11 is 0. The van der Waals surface area contributed by atoms with Crippen LogP contribution < -0.4 is 0 Å². The first kappa shape index (κ1) is 6.81. The minimum Gasteiger partial charge on any atom is -0.400 e. The van der Waals surface area contributed by atoms with Gasteiger partial charge in [-0.15, -0.1) is 0 Å². The van der Waals surface area contributed by atoms with Crippen molar-refractivity contribution < 1.29 is 5.11 Å². The van der Waals surface area contributed by atoms with E-state index in [1.54, 1.807) is 0 Å².